The highest BCUT2D eigenvalue weighted by molar-refractivity contribution is 7.85. The van der Waals surface area contributed by atoms with Crippen LogP contribution in [0.2, 0.25) is 0 Å². The van der Waals surface area contributed by atoms with E-state index in [1.165, 1.54) is 35.1 Å². The van der Waals surface area contributed by atoms with Gasteiger partial charge in [-0.25, -0.2) is 18.9 Å². The first-order valence-corrected chi connectivity index (χ1v) is 17.2. The number of aryl methyl sites for hydroxylation is 2. The molecular formula is C32H34F4N8O5S. The molecule has 4 heterocycles. The third-order valence-corrected chi connectivity index (χ3v) is 8.19. The number of alkyl halides is 3. The Bertz CT molecular complexity index is 1980. The predicted octanol–water partition coefficient (Wildman–Crippen LogP) is 5.12. The number of hydrogen-bond donors (Lipinski definition) is 3. The van der Waals surface area contributed by atoms with Gasteiger partial charge in [-0.15, -0.1) is 0 Å². The van der Waals surface area contributed by atoms with Gasteiger partial charge in [0.1, 0.15) is 22.9 Å². The molecule has 1 saturated heterocycles. The van der Waals surface area contributed by atoms with Crippen LogP contribution >= 0.6 is 0 Å². The Labute approximate surface area is 285 Å². The fourth-order valence-corrected chi connectivity index (χ4v) is 5.37. The smallest absolute Gasteiger partial charge is 0.353 e. The minimum atomic E-state index is -4.47. The van der Waals surface area contributed by atoms with Crippen molar-refractivity contribution in [2.45, 2.75) is 38.3 Å². The molecule has 2 aliphatic rings. The zero-order valence-electron chi connectivity index (χ0n) is 27.2. The zero-order chi connectivity index (χ0) is 36.4. The molecule has 6 rings (SSSR count). The Hall–Kier alpha value is -5.10. The van der Waals surface area contributed by atoms with Gasteiger partial charge in [0, 0.05) is 37.9 Å². The second-order valence-electron chi connectivity index (χ2n) is 11.9. The fraction of sp³-hybridized carbons (Fsp3) is 0.344. The number of carbonyl (C=O) groups is 2. The van der Waals surface area contributed by atoms with E-state index in [2.05, 4.69) is 25.7 Å². The highest BCUT2D eigenvalue weighted by atomic mass is 32.2. The summed E-state index contributed by atoms with van der Waals surface area (Å²) in [6, 6.07) is 13.2. The van der Waals surface area contributed by atoms with E-state index in [0.717, 1.165) is 5.69 Å². The van der Waals surface area contributed by atoms with Crippen LogP contribution in [-0.2, 0) is 15.5 Å². The maximum absolute atomic E-state index is 14.1. The second-order valence-corrected chi connectivity index (χ2v) is 13.4. The predicted molar refractivity (Wildman–Crippen MR) is 177 cm³/mol. The maximum Gasteiger partial charge on any atom is 0.400 e. The van der Waals surface area contributed by atoms with E-state index >= 15 is 0 Å². The van der Waals surface area contributed by atoms with Crippen molar-refractivity contribution in [1.82, 2.24) is 24.6 Å². The summed E-state index contributed by atoms with van der Waals surface area (Å²) in [5.41, 5.74) is -0.120. The van der Waals surface area contributed by atoms with Gasteiger partial charge >= 0.3 is 12.2 Å². The summed E-state index contributed by atoms with van der Waals surface area (Å²) in [4.78, 5) is 38.2. The molecule has 4 aromatic rings. The summed E-state index contributed by atoms with van der Waals surface area (Å²) >= 11 is 0. The molecule has 0 radical (unpaired) electrons. The maximum atomic E-state index is 14.1. The molecule has 1 saturated carbocycles. The third-order valence-electron chi connectivity index (χ3n) is 8.19. The van der Waals surface area contributed by atoms with E-state index in [1.54, 1.807) is 49.1 Å². The van der Waals surface area contributed by atoms with Crippen molar-refractivity contribution in [1.29, 1.82) is 0 Å². The summed E-state index contributed by atoms with van der Waals surface area (Å²) in [6.45, 7) is 5.25. The third kappa shape index (κ3) is 8.36. The van der Waals surface area contributed by atoms with E-state index in [9.17, 15) is 35.6 Å². The largest absolute Gasteiger partial charge is 0.400 e. The number of urea groups is 1. The molecule has 1 aromatic carbocycles. The summed E-state index contributed by atoms with van der Waals surface area (Å²) in [7, 11) is -3.67. The lowest BCUT2D eigenvalue weighted by molar-refractivity contribution is -0.161. The average molecular weight is 719 g/mol. The highest BCUT2D eigenvalue weighted by Gasteiger charge is 2.66. The van der Waals surface area contributed by atoms with Crippen molar-refractivity contribution < 1.29 is 40.1 Å². The molecule has 0 spiro atoms. The number of anilines is 3. The Morgan fingerprint density at radius 3 is 2.18 bits per heavy atom. The molecular weight excluding hydrogens is 684 g/mol. The number of piperazine rings is 1. The van der Waals surface area contributed by atoms with E-state index in [1.807, 2.05) is 4.90 Å². The van der Waals surface area contributed by atoms with Crippen molar-refractivity contribution in [2.75, 3.05) is 48.0 Å². The Morgan fingerprint density at radius 2 is 1.62 bits per heavy atom. The SMILES string of the molecule is CS(=O)(=O)O.Cc1ccc(-n2nc(C3(C(F)(F)F)CC3)cc2NC(=O)Nc2ccc(N3CCN(C(=O)c4ccccc4F)CC3)nc2C)cn1. The van der Waals surface area contributed by atoms with Crippen LogP contribution in [0.25, 0.3) is 5.69 Å². The van der Waals surface area contributed by atoms with E-state index in [-0.39, 0.29) is 35.8 Å². The molecule has 0 unspecified atom stereocenters. The number of nitrogens with one attached hydrogen (secondary N) is 2. The average Bonchev–Trinajstić information content (AvgIpc) is 3.77. The molecule has 3 N–H and O–H groups in total. The highest BCUT2D eigenvalue weighted by Crippen LogP contribution is 2.58. The minimum absolute atomic E-state index is 0.0378. The number of nitrogens with zero attached hydrogens (tertiary/aromatic N) is 6. The summed E-state index contributed by atoms with van der Waals surface area (Å²) in [5.74, 6) is -0.207. The number of halogens is 4. The lowest BCUT2D eigenvalue weighted by atomic mass is 10.0. The molecule has 50 heavy (non-hydrogen) atoms. The van der Waals surface area contributed by atoms with Crippen LogP contribution in [0.15, 0.2) is 60.8 Å². The van der Waals surface area contributed by atoms with Gasteiger partial charge in [0.15, 0.2) is 0 Å². The summed E-state index contributed by atoms with van der Waals surface area (Å²) in [5, 5.41) is 9.59. The molecule has 1 aliphatic carbocycles. The van der Waals surface area contributed by atoms with Crippen LogP contribution < -0.4 is 15.5 Å². The van der Waals surface area contributed by atoms with Crippen LogP contribution in [-0.4, -0.2) is 88.2 Å². The number of rotatable bonds is 6. The van der Waals surface area contributed by atoms with E-state index < -0.39 is 33.6 Å². The van der Waals surface area contributed by atoms with Crippen molar-refractivity contribution in [3.63, 3.8) is 0 Å². The van der Waals surface area contributed by atoms with Crippen LogP contribution in [0.1, 0.15) is 40.3 Å². The van der Waals surface area contributed by atoms with Gasteiger partial charge in [-0.2, -0.15) is 26.7 Å². The summed E-state index contributed by atoms with van der Waals surface area (Å²) in [6.07, 6.45) is -2.42. The van der Waals surface area contributed by atoms with Crippen LogP contribution in [0.5, 0.6) is 0 Å². The topological polar surface area (TPSA) is 163 Å². The lowest BCUT2D eigenvalue weighted by Crippen LogP contribution is -2.49. The second kappa shape index (κ2) is 14.0. The van der Waals surface area contributed by atoms with E-state index in [4.69, 9.17) is 4.55 Å². The van der Waals surface area contributed by atoms with Gasteiger partial charge in [-0.05, 0) is 63.1 Å². The molecule has 1 aliphatic heterocycles. The first kappa shape index (κ1) is 36.2. The molecule has 2 fully saturated rings. The van der Waals surface area contributed by atoms with Gasteiger partial charge in [0.05, 0.1) is 40.8 Å². The normalized spacial score (nSPS) is 15.5. The van der Waals surface area contributed by atoms with Crippen molar-refractivity contribution >= 4 is 39.4 Å². The Morgan fingerprint density at radius 1 is 0.960 bits per heavy atom. The Balaban J connectivity index is 0.000000908. The molecule has 13 nitrogen and oxygen atoms in total. The van der Waals surface area contributed by atoms with Gasteiger partial charge < -0.3 is 15.1 Å². The van der Waals surface area contributed by atoms with Crippen LogP contribution in [0, 0.1) is 19.7 Å². The number of carbonyl (C=O) groups excluding carboxylic acids is 2. The first-order valence-electron chi connectivity index (χ1n) is 15.3. The van der Waals surface area contributed by atoms with Crippen LogP contribution in [0.3, 0.4) is 0 Å². The Kier molecular flexibility index (Phi) is 10.2. The van der Waals surface area contributed by atoms with Gasteiger partial charge in [-0.1, -0.05) is 12.1 Å². The van der Waals surface area contributed by atoms with Crippen molar-refractivity contribution in [3.8, 4) is 5.69 Å². The van der Waals surface area contributed by atoms with Crippen LogP contribution in [0.4, 0.5) is 39.7 Å². The standard InChI is InChI=1S/C31H30F4N8O2.CH4O3S/c1-19-7-8-21(18-36-19)43-27(17-25(40-43)30(11-12-30)31(33,34)35)39-29(45)38-24-9-10-26(37-20(24)2)41-13-15-42(16-14-41)28(44)22-5-3-4-6-23(22)32;1-5(2,3)4/h3-10,17-18H,11-16H2,1-2H3,(H2,38,39,45);1H3,(H,2,3,4). The quantitative estimate of drug-likeness (QED) is 0.181. The van der Waals surface area contributed by atoms with E-state index in [0.29, 0.717) is 55.3 Å². The van der Waals surface area contributed by atoms with Crippen molar-refractivity contribution in [3.05, 3.63) is 89.3 Å². The molecule has 18 heteroatoms. The van der Waals surface area contributed by atoms with Crippen molar-refractivity contribution in [2.24, 2.45) is 0 Å². The first-order chi connectivity index (χ1) is 23.4. The molecule has 3 aromatic heterocycles. The summed E-state index contributed by atoms with van der Waals surface area (Å²) < 4.78 is 82.8. The number of hydrogen-bond acceptors (Lipinski definition) is 8. The van der Waals surface area contributed by atoms with Gasteiger partial charge in [0.25, 0.3) is 16.0 Å². The molecule has 3 amide bonds. The van der Waals surface area contributed by atoms with Gasteiger partial charge in [-0.3, -0.25) is 19.6 Å². The number of aromatic nitrogens is 4. The molecule has 266 valence electrons. The van der Waals surface area contributed by atoms with Gasteiger partial charge in [0.2, 0.25) is 0 Å². The fourth-order valence-electron chi connectivity index (χ4n) is 5.37. The molecule has 0 atom stereocenters. The monoisotopic (exact) mass is 718 g/mol. The zero-order valence-corrected chi connectivity index (χ0v) is 28.0. The lowest BCUT2D eigenvalue weighted by Gasteiger charge is -2.35. The number of benzene rings is 1. The molecule has 0 bridgehead atoms. The minimum Gasteiger partial charge on any atom is -0.353 e. The number of amides is 3. The number of pyridine rings is 2.